The first-order valence-electron chi connectivity index (χ1n) is 8.85. The van der Waals surface area contributed by atoms with Crippen molar-refractivity contribution in [2.45, 2.75) is 69.9 Å². The molecule has 2 unspecified atom stereocenters. The zero-order valence-corrected chi connectivity index (χ0v) is 13.4. The van der Waals surface area contributed by atoms with Crippen molar-refractivity contribution < 1.29 is 4.79 Å². The quantitative estimate of drug-likeness (QED) is 0.898. The smallest absolute Gasteiger partial charge is 0.237 e. The lowest BCUT2D eigenvalue weighted by molar-refractivity contribution is -0.123. The SMILES string of the molecule is NC(CC1CCCCC1)C(=O)NC1CCc2ccccc2C1. The molecule has 2 atom stereocenters. The molecule has 1 fully saturated rings. The molecule has 3 nitrogen and oxygen atoms in total. The minimum atomic E-state index is -0.333. The van der Waals surface area contributed by atoms with Crippen molar-refractivity contribution in [2.75, 3.05) is 0 Å². The van der Waals surface area contributed by atoms with Crippen molar-refractivity contribution in [3.8, 4) is 0 Å². The number of benzene rings is 1. The first-order chi connectivity index (χ1) is 10.7. The second-order valence-corrected chi connectivity index (χ2v) is 7.06. The summed E-state index contributed by atoms with van der Waals surface area (Å²) in [6.45, 7) is 0. The molecule has 3 rings (SSSR count). The Hall–Kier alpha value is -1.35. The number of nitrogens with two attached hydrogens (primary N) is 1. The molecule has 0 bridgehead atoms. The van der Waals surface area contributed by atoms with E-state index in [9.17, 15) is 4.79 Å². The van der Waals surface area contributed by atoms with Gasteiger partial charge in [-0.3, -0.25) is 4.79 Å². The summed E-state index contributed by atoms with van der Waals surface area (Å²) in [7, 11) is 0. The fraction of sp³-hybridized carbons (Fsp3) is 0.632. The molecule has 120 valence electrons. The Morgan fingerprint density at radius 1 is 1.14 bits per heavy atom. The molecule has 2 aliphatic rings. The summed E-state index contributed by atoms with van der Waals surface area (Å²) in [4.78, 5) is 12.4. The number of carbonyl (C=O) groups is 1. The molecule has 22 heavy (non-hydrogen) atoms. The van der Waals surface area contributed by atoms with Gasteiger partial charge in [0, 0.05) is 6.04 Å². The van der Waals surface area contributed by atoms with Gasteiger partial charge in [-0.15, -0.1) is 0 Å². The fourth-order valence-corrected chi connectivity index (χ4v) is 4.02. The van der Waals surface area contributed by atoms with Crippen LogP contribution in [0.1, 0.15) is 56.1 Å². The lowest BCUT2D eigenvalue weighted by Gasteiger charge is -2.28. The summed E-state index contributed by atoms with van der Waals surface area (Å²) < 4.78 is 0. The van der Waals surface area contributed by atoms with Crippen LogP contribution in [-0.2, 0) is 17.6 Å². The third-order valence-corrected chi connectivity index (χ3v) is 5.34. The monoisotopic (exact) mass is 300 g/mol. The first kappa shape index (κ1) is 15.5. The number of hydrogen-bond acceptors (Lipinski definition) is 2. The third kappa shape index (κ3) is 3.89. The second-order valence-electron chi connectivity index (χ2n) is 7.06. The zero-order valence-electron chi connectivity index (χ0n) is 13.4. The average molecular weight is 300 g/mol. The summed E-state index contributed by atoms with van der Waals surface area (Å²) in [5, 5.41) is 3.19. The lowest BCUT2D eigenvalue weighted by atomic mass is 9.84. The Balaban J connectivity index is 1.49. The molecule has 0 spiro atoms. The predicted molar refractivity (Wildman–Crippen MR) is 89.6 cm³/mol. The van der Waals surface area contributed by atoms with Crippen LogP contribution in [-0.4, -0.2) is 18.0 Å². The maximum Gasteiger partial charge on any atom is 0.237 e. The van der Waals surface area contributed by atoms with Crippen LogP contribution >= 0.6 is 0 Å². The van der Waals surface area contributed by atoms with E-state index < -0.39 is 0 Å². The van der Waals surface area contributed by atoms with Gasteiger partial charge in [-0.2, -0.15) is 0 Å². The van der Waals surface area contributed by atoms with Gasteiger partial charge in [0.05, 0.1) is 6.04 Å². The molecule has 0 aliphatic heterocycles. The van der Waals surface area contributed by atoms with Crippen molar-refractivity contribution in [1.29, 1.82) is 0 Å². The molecule has 0 heterocycles. The minimum absolute atomic E-state index is 0.0509. The first-order valence-corrected chi connectivity index (χ1v) is 8.85. The van der Waals surface area contributed by atoms with E-state index >= 15 is 0 Å². The van der Waals surface area contributed by atoms with E-state index in [2.05, 4.69) is 29.6 Å². The highest BCUT2D eigenvalue weighted by Gasteiger charge is 2.25. The number of carbonyl (C=O) groups excluding carboxylic acids is 1. The third-order valence-electron chi connectivity index (χ3n) is 5.34. The van der Waals surface area contributed by atoms with Gasteiger partial charge in [-0.25, -0.2) is 0 Å². The zero-order chi connectivity index (χ0) is 15.4. The van der Waals surface area contributed by atoms with Crippen LogP contribution in [0, 0.1) is 5.92 Å². The minimum Gasteiger partial charge on any atom is -0.352 e. The highest BCUT2D eigenvalue weighted by molar-refractivity contribution is 5.81. The topological polar surface area (TPSA) is 55.1 Å². The van der Waals surface area contributed by atoms with Crippen LogP contribution in [0.2, 0.25) is 0 Å². The van der Waals surface area contributed by atoms with Crippen LogP contribution in [0.3, 0.4) is 0 Å². The summed E-state index contributed by atoms with van der Waals surface area (Å²) in [5.74, 6) is 0.705. The molecule has 3 N–H and O–H groups in total. The van der Waals surface area contributed by atoms with E-state index in [1.54, 1.807) is 0 Å². The number of rotatable bonds is 4. The van der Waals surface area contributed by atoms with Gasteiger partial charge in [0.2, 0.25) is 5.91 Å². The molecule has 3 heteroatoms. The average Bonchev–Trinajstić information content (AvgIpc) is 2.55. The van der Waals surface area contributed by atoms with Gasteiger partial charge in [-0.1, -0.05) is 56.4 Å². The van der Waals surface area contributed by atoms with E-state index in [-0.39, 0.29) is 18.0 Å². The van der Waals surface area contributed by atoms with Gasteiger partial charge in [0.25, 0.3) is 0 Å². The largest absolute Gasteiger partial charge is 0.352 e. The van der Waals surface area contributed by atoms with Crippen LogP contribution < -0.4 is 11.1 Å². The number of nitrogens with one attached hydrogen (secondary N) is 1. The molecular weight excluding hydrogens is 272 g/mol. The van der Waals surface area contributed by atoms with E-state index in [0.29, 0.717) is 5.92 Å². The predicted octanol–water partition coefficient (Wildman–Crippen LogP) is 2.96. The molecule has 0 saturated heterocycles. The number of hydrogen-bond donors (Lipinski definition) is 2. The maximum atomic E-state index is 12.4. The molecule has 1 saturated carbocycles. The lowest BCUT2D eigenvalue weighted by Crippen LogP contribution is -2.47. The van der Waals surface area contributed by atoms with Crippen molar-refractivity contribution in [2.24, 2.45) is 11.7 Å². The van der Waals surface area contributed by atoms with Gasteiger partial charge >= 0.3 is 0 Å². The standard InChI is InChI=1S/C19H28N2O/c20-18(12-14-6-2-1-3-7-14)19(22)21-17-11-10-15-8-4-5-9-16(15)13-17/h4-5,8-9,14,17-18H,1-3,6-7,10-13,20H2,(H,21,22). The van der Waals surface area contributed by atoms with Crippen LogP contribution in [0.4, 0.5) is 0 Å². The van der Waals surface area contributed by atoms with Crippen molar-refractivity contribution >= 4 is 5.91 Å². The number of fused-ring (bicyclic) bond motifs is 1. The van der Waals surface area contributed by atoms with E-state index in [1.807, 2.05) is 0 Å². The maximum absolute atomic E-state index is 12.4. The van der Waals surface area contributed by atoms with Gasteiger partial charge in [0.15, 0.2) is 0 Å². The van der Waals surface area contributed by atoms with E-state index in [1.165, 1.54) is 43.2 Å². The fourth-order valence-electron chi connectivity index (χ4n) is 4.02. The normalized spacial score (nSPS) is 23.6. The van der Waals surface area contributed by atoms with Gasteiger partial charge < -0.3 is 11.1 Å². The molecule has 1 aromatic carbocycles. The molecular formula is C19H28N2O. The second kappa shape index (κ2) is 7.28. The Morgan fingerprint density at radius 3 is 2.64 bits per heavy atom. The Morgan fingerprint density at radius 2 is 1.86 bits per heavy atom. The molecule has 2 aliphatic carbocycles. The van der Waals surface area contributed by atoms with E-state index in [4.69, 9.17) is 5.73 Å². The van der Waals surface area contributed by atoms with Gasteiger partial charge in [-0.05, 0) is 42.7 Å². The molecule has 0 radical (unpaired) electrons. The van der Waals surface area contributed by atoms with Crippen LogP contribution in [0.25, 0.3) is 0 Å². The van der Waals surface area contributed by atoms with Crippen LogP contribution in [0.5, 0.6) is 0 Å². The number of amides is 1. The molecule has 0 aromatic heterocycles. The highest BCUT2D eigenvalue weighted by Crippen LogP contribution is 2.27. The summed E-state index contributed by atoms with van der Waals surface area (Å²) in [6, 6.07) is 8.47. The summed E-state index contributed by atoms with van der Waals surface area (Å²) in [6.07, 6.45) is 10.3. The van der Waals surface area contributed by atoms with Crippen molar-refractivity contribution in [3.63, 3.8) is 0 Å². The Bertz CT molecular complexity index is 508. The summed E-state index contributed by atoms with van der Waals surface area (Å²) >= 11 is 0. The van der Waals surface area contributed by atoms with Crippen LogP contribution in [0.15, 0.2) is 24.3 Å². The summed E-state index contributed by atoms with van der Waals surface area (Å²) in [5.41, 5.74) is 8.95. The highest BCUT2D eigenvalue weighted by atomic mass is 16.2. The van der Waals surface area contributed by atoms with Crippen molar-refractivity contribution in [1.82, 2.24) is 5.32 Å². The van der Waals surface area contributed by atoms with Gasteiger partial charge in [0.1, 0.15) is 0 Å². The Labute approximate surface area is 133 Å². The van der Waals surface area contributed by atoms with E-state index in [0.717, 1.165) is 25.7 Å². The van der Waals surface area contributed by atoms with Crippen molar-refractivity contribution in [3.05, 3.63) is 35.4 Å². The Kier molecular flexibility index (Phi) is 5.14. The number of aryl methyl sites for hydroxylation is 1. The molecule has 1 amide bonds. The molecule has 1 aromatic rings.